The minimum atomic E-state index is -1.03. The van der Waals surface area contributed by atoms with Crippen LogP contribution >= 0.6 is 23.2 Å². The van der Waals surface area contributed by atoms with E-state index in [0.717, 1.165) is 17.1 Å². The summed E-state index contributed by atoms with van der Waals surface area (Å²) in [7, 11) is 0. The van der Waals surface area contributed by atoms with Gasteiger partial charge in [-0.3, -0.25) is 4.79 Å². The molecule has 0 atom stereocenters. The van der Waals surface area contributed by atoms with Crippen molar-refractivity contribution in [1.82, 2.24) is 9.88 Å². The summed E-state index contributed by atoms with van der Waals surface area (Å²) in [5.74, 6) is -1.81. The third-order valence-corrected chi connectivity index (χ3v) is 5.34. The van der Waals surface area contributed by atoms with Gasteiger partial charge in [0, 0.05) is 6.07 Å². The quantitative estimate of drug-likeness (QED) is 0.504. The number of anilines is 1. The van der Waals surface area contributed by atoms with Crippen molar-refractivity contribution in [1.29, 1.82) is 5.26 Å². The number of hydrogen-bond donors (Lipinski definition) is 1. The number of hydrazone groups is 1. The van der Waals surface area contributed by atoms with Crippen LogP contribution in [0.25, 0.3) is 0 Å². The molecule has 1 aromatic heterocycles. The molecule has 0 spiro atoms. The van der Waals surface area contributed by atoms with Crippen LogP contribution in [-0.4, -0.2) is 16.3 Å². The molecule has 2 amide bonds. The zero-order valence-electron chi connectivity index (χ0n) is 17.6. The van der Waals surface area contributed by atoms with E-state index in [-0.39, 0.29) is 45.2 Å². The van der Waals surface area contributed by atoms with Gasteiger partial charge in [0.1, 0.15) is 11.8 Å². The summed E-state index contributed by atoms with van der Waals surface area (Å²) in [5.41, 5.74) is 0.0834. The Morgan fingerprint density at radius 1 is 1.09 bits per heavy atom. The number of nitriles is 1. The Hall–Kier alpha value is -4.20. The van der Waals surface area contributed by atoms with Crippen LogP contribution in [0.4, 0.5) is 19.3 Å². The Bertz CT molecular complexity index is 1490. The summed E-state index contributed by atoms with van der Waals surface area (Å²) in [6.07, 6.45) is 1.36. The molecule has 0 radical (unpaired) electrons. The number of amides is 2. The first-order valence-corrected chi connectivity index (χ1v) is 10.5. The highest BCUT2D eigenvalue weighted by Crippen LogP contribution is 2.40. The van der Waals surface area contributed by atoms with E-state index in [1.807, 2.05) is 6.07 Å². The molecule has 176 valence electrons. The second-order valence-electron chi connectivity index (χ2n) is 7.20. The van der Waals surface area contributed by atoms with Gasteiger partial charge in [0.15, 0.2) is 23.1 Å². The predicted molar refractivity (Wildman–Crippen MR) is 126 cm³/mol. The van der Waals surface area contributed by atoms with Crippen LogP contribution in [0, 0.1) is 23.0 Å². The molecule has 12 heteroatoms. The van der Waals surface area contributed by atoms with E-state index in [4.69, 9.17) is 33.2 Å². The number of benzene rings is 2. The monoisotopic (exact) mass is 515 g/mol. The van der Waals surface area contributed by atoms with Gasteiger partial charge in [-0.2, -0.15) is 15.4 Å². The Balaban J connectivity index is 1.62. The minimum absolute atomic E-state index is 0.0109. The van der Waals surface area contributed by atoms with Gasteiger partial charge in [-0.25, -0.2) is 13.6 Å². The lowest BCUT2D eigenvalue weighted by atomic mass is 10.2. The third kappa shape index (κ3) is 5.01. The van der Waals surface area contributed by atoms with Gasteiger partial charge in [-0.1, -0.05) is 35.8 Å². The molecule has 0 saturated carbocycles. The highest BCUT2D eigenvalue weighted by molar-refractivity contribution is 6.37. The topological polar surface area (TPSA) is 99.7 Å². The van der Waals surface area contributed by atoms with Gasteiger partial charge in [0.05, 0.1) is 34.2 Å². The number of hydrogen-bond acceptors (Lipinski definition) is 5. The number of urea groups is 1. The zero-order valence-corrected chi connectivity index (χ0v) is 19.1. The highest BCUT2D eigenvalue weighted by Gasteiger charge is 2.26. The summed E-state index contributed by atoms with van der Waals surface area (Å²) >= 11 is 12.7. The number of nitrogens with one attached hydrogen (secondary N) is 1. The molecule has 1 aliphatic heterocycles. The molecule has 4 rings (SSSR count). The van der Waals surface area contributed by atoms with Crippen molar-refractivity contribution in [2.45, 2.75) is 6.54 Å². The van der Waals surface area contributed by atoms with Gasteiger partial charge in [0.2, 0.25) is 0 Å². The van der Waals surface area contributed by atoms with Crippen LogP contribution < -0.4 is 20.6 Å². The minimum Gasteiger partial charge on any atom is -0.453 e. The van der Waals surface area contributed by atoms with Crippen molar-refractivity contribution in [2.24, 2.45) is 5.10 Å². The number of pyridine rings is 1. The lowest BCUT2D eigenvalue weighted by Crippen LogP contribution is -2.42. The number of aromatic nitrogens is 1. The molecular weight excluding hydrogens is 503 g/mol. The molecule has 0 saturated heterocycles. The molecule has 3 aromatic rings. The van der Waals surface area contributed by atoms with E-state index in [1.54, 1.807) is 0 Å². The molecule has 0 fully saturated rings. The molecule has 2 heterocycles. The first kappa shape index (κ1) is 23.9. The van der Waals surface area contributed by atoms with Crippen molar-refractivity contribution in [3.63, 3.8) is 0 Å². The second kappa shape index (κ2) is 9.58. The fourth-order valence-corrected chi connectivity index (χ4v) is 3.68. The number of nitrogens with zero attached hydrogens (tertiary/aromatic N) is 4. The molecule has 35 heavy (non-hydrogen) atoms. The van der Waals surface area contributed by atoms with Gasteiger partial charge in [0.25, 0.3) is 5.56 Å². The lowest BCUT2D eigenvalue weighted by molar-refractivity contribution is 0.248. The van der Waals surface area contributed by atoms with E-state index < -0.39 is 23.2 Å². The van der Waals surface area contributed by atoms with E-state index in [0.29, 0.717) is 5.56 Å². The Morgan fingerprint density at radius 2 is 1.80 bits per heavy atom. The second-order valence-corrected chi connectivity index (χ2v) is 8.02. The van der Waals surface area contributed by atoms with Crippen LogP contribution in [0.3, 0.4) is 0 Å². The average molecular weight is 516 g/mol. The van der Waals surface area contributed by atoms with E-state index in [2.05, 4.69) is 17.0 Å². The van der Waals surface area contributed by atoms with Crippen LogP contribution in [0.1, 0.15) is 5.56 Å². The van der Waals surface area contributed by atoms with Crippen molar-refractivity contribution < 1.29 is 18.3 Å². The van der Waals surface area contributed by atoms with Crippen molar-refractivity contribution in [2.75, 3.05) is 5.01 Å². The van der Waals surface area contributed by atoms with Crippen LogP contribution in [-0.2, 0) is 6.54 Å². The maximum absolute atomic E-state index is 13.5. The molecule has 2 aromatic carbocycles. The molecule has 1 aliphatic rings. The fraction of sp³-hybridized carbons (Fsp3) is 0.0435. The molecule has 8 nitrogen and oxygen atoms in total. The SMILES string of the molecule is C=C1NC(=O)N(c2cc(Cl)c(Oc3ccc(=O)n(Cc4ccc(F)c(F)c4)c3)c(Cl)c2)N=C1C#N. The molecule has 0 bridgehead atoms. The largest absolute Gasteiger partial charge is 0.453 e. The Labute approximate surface area is 206 Å². The Kier molecular flexibility index (Phi) is 6.55. The lowest BCUT2D eigenvalue weighted by Gasteiger charge is -2.24. The van der Waals surface area contributed by atoms with E-state index in [1.165, 1.54) is 41.1 Å². The zero-order chi connectivity index (χ0) is 25.3. The number of carbonyl (C=O) groups excluding carboxylic acids is 1. The molecule has 1 N–H and O–H groups in total. The predicted octanol–water partition coefficient (Wildman–Crippen LogP) is 5.20. The van der Waals surface area contributed by atoms with Crippen LogP contribution in [0.5, 0.6) is 11.5 Å². The van der Waals surface area contributed by atoms with Crippen LogP contribution in [0.15, 0.2) is 70.8 Å². The summed E-state index contributed by atoms with van der Waals surface area (Å²) in [5, 5.41) is 16.4. The van der Waals surface area contributed by atoms with Gasteiger partial charge in [-0.15, -0.1) is 0 Å². The number of carbonyl (C=O) groups is 1. The number of halogens is 4. The first-order valence-electron chi connectivity index (χ1n) is 9.76. The summed E-state index contributed by atoms with van der Waals surface area (Å²) < 4.78 is 33.7. The van der Waals surface area contributed by atoms with E-state index in [9.17, 15) is 18.4 Å². The highest BCUT2D eigenvalue weighted by atomic mass is 35.5. The summed E-state index contributed by atoms with van der Waals surface area (Å²) in [6, 6.07) is 9.80. The standard InChI is InChI=1S/C23H13Cl2F2N5O3/c1-12-20(9-28)30-32(23(34)29-12)14-7-16(24)22(17(25)8-14)35-15-3-5-21(33)31(11-15)10-13-2-4-18(26)19(27)6-13/h2-8,11H,1,10H2,(H,29,34). The van der Waals surface area contributed by atoms with Gasteiger partial charge in [-0.05, 0) is 35.9 Å². The molecule has 0 aliphatic carbocycles. The van der Waals surface area contributed by atoms with Crippen LogP contribution in [0.2, 0.25) is 10.0 Å². The smallest absolute Gasteiger partial charge is 0.347 e. The molecule has 0 unspecified atom stereocenters. The van der Waals surface area contributed by atoms with Gasteiger partial charge >= 0.3 is 6.03 Å². The normalized spacial score (nSPS) is 13.2. The summed E-state index contributed by atoms with van der Waals surface area (Å²) in [4.78, 5) is 24.5. The van der Waals surface area contributed by atoms with Crippen molar-refractivity contribution >= 4 is 40.6 Å². The number of allylic oxidation sites excluding steroid dienone is 1. The Morgan fingerprint density at radius 3 is 2.46 bits per heavy atom. The van der Waals surface area contributed by atoms with Crippen molar-refractivity contribution in [3.05, 3.63) is 98.5 Å². The molecular formula is C23H13Cl2F2N5O3. The van der Waals surface area contributed by atoms with E-state index >= 15 is 0 Å². The summed E-state index contributed by atoms with van der Waals surface area (Å²) in [6.45, 7) is 3.51. The number of ether oxygens (including phenoxy) is 1. The fourth-order valence-electron chi connectivity index (χ4n) is 3.12. The average Bonchev–Trinajstić information content (AvgIpc) is 2.80. The third-order valence-electron chi connectivity index (χ3n) is 4.78. The number of rotatable bonds is 5. The maximum Gasteiger partial charge on any atom is 0.347 e. The maximum atomic E-state index is 13.5. The van der Waals surface area contributed by atoms with Gasteiger partial charge < -0.3 is 14.6 Å². The van der Waals surface area contributed by atoms with Crippen molar-refractivity contribution in [3.8, 4) is 17.6 Å². The first-order chi connectivity index (χ1) is 16.7.